The lowest BCUT2D eigenvalue weighted by Gasteiger charge is -2.37. The quantitative estimate of drug-likeness (QED) is 0.0680. The summed E-state index contributed by atoms with van der Waals surface area (Å²) in [7, 11) is 0. The molecule has 5 rings (SSSR count). The van der Waals surface area contributed by atoms with Crippen molar-refractivity contribution in [2.45, 2.75) is 51.1 Å². The van der Waals surface area contributed by atoms with Crippen molar-refractivity contribution < 1.29 is 29.0 Å². The first kappa shape index (κ1) is 36.7. The van der Waals surface area contributed by atoms with Crippen LogP contribution in [0.5, 0.6) is 0 Å². The highest BCUT2D eigenvalue weighted by atomic mass is 16.7. The SMILES string of the molecule is CCOC(OCC)[C@@H](C)C(NC(=O)[C@H](CC(=O)NC(c1ccccc1)(c1ccccc1)c1ccccc1)NC(=O)O)c1cccc2cccnc12. The van der Waals surface area contributed by atoms with E-state index in [1.807, 2.05) is 142 Å². The van der Waals surface area contributed by atoms with Crippen molar-refractivity contribution in [1.82, 2.24) is 20.9 Å². The van der Waals surface area contributed by atoms with Crippen LogP contribution in [-0.4, -0.2) is 53.5 Å². The minimum absolute atomic E-state index is 0.374. The summed E-state index contributed by atoms with van der Waals surface area (Å²) >= 11 is 0. The van der Waals surface area contributed by atoms with Crippen LogP contribution in [-0.2, 0) is 24.6 Å². The summed E-state index contributed by atoms with van der Waals surface area (Å²) in [6.07, 6.45) is -0.944. The van der Waals surface area contributed by atoms with Crippen LogP contribution in [0.1, 0.15) is 55.5 Å². The van der Waals surface area contributed by atoms with Crippen LogP contribution >= 0.6 is 0 Å². The van der Waals surface area contributed by atoms with Gasteiger partial charge in [0, 0.05) is 36.3 Å². The van der Waals surface area contributed by atoms with Crippen LogP contribution in [0.4, 0.5) is 4.79 Å². The molecule has 264 valence electrons. The number of ether oxygens (including phenoxy) is 2. The van der Waals surface area contributed by atoms with E-state index in [0.29, 0.717) is 24.3 Å². The number of para-hydroxylation sites is 1. The van der Waals surface area contributed by atoms with E-state index >= 15 is 0 Å². The number of nitrogens with zero attached hydrogens (tertiary/aromatic N) is 1. The lowest BCUT2D eigenvalue weighted by Crippen LogP contribution is -2.53. The van der Waals surface area contributed by atoms with Gasteiger partial charge >= 0.3 is 6.09 Å². The third kappa shape index (κ3) is 8.60. The molecule has 1 heterocycles. The molecule has 10 nitrogen and oxygen atoms in total. The first-order valence-corrected chi connectivity index (χ1v) is 17.1. The topological polar surface area (TPSA) is 139 Å². The number of pyridine rings is 1. The van der Waals surface area contributed by atoms with Crippen LogP contribution in [0.3, 0.4) is 0 Å². The van der Waals surface area contributed by atoms with Crippen molar-refractivity contribution in [2.24, 2.45) is 5.92 Å². The number of carboxylic acid groups (broad SMARTS) is 1. The lowest BCUT2D eigenvalue weighted by molar-refractivity contribution is -0.170. The number of hydrogen-bond acceptors (Lipinski definition) is 6. The minimum atomic E-state index is -1.45. The zero-order valence-corrected chi connectivity index (χ0v) is 29.0. The molecule has 0 saturated carbocycles. The summed E-state index contributed by atoms with van der Waals surface area (Å²) in [4.78, 5) is 45.2. The van der Waals surface area contributed by atoms with Gasteiger partial charge in [0.05, 0.1) is 18.0 Å². The number of aromatic nitrogens is 1. The molecule has 0 fully saturated rings. The van der Waals surface area contributed by atoms with Gasteiger partial charge in [0.2, 0.25) is 11.8 Å². The number of benzene rings is 4. The van der Waals surface area contributed by atoms with Crippen LogP contribution in [0.2, 0.25) is 0 Å². The molecular weight excluding hydrogens is 644 g/mol. The molecule has 3 atom stereocenters. The molecule has 1 aromatic heterocycles. The van der Waals surface area contributed by atoms with Crippen molar-refractivity contribution in [3.63, 3.8) is 0 Å². The Labute approximate surface area is 298 Å². The van der Waals surface area contributed by atoms with Crippen LogP contribution < -0.4 is 16.0 Å². The number of carbonyl (C=O) groups is 3. The first-order valence-electron chi connectivity index (χ1n) is 17.1. The third-order valence-corrected chi connectivity index (χ3v) is 8.86. The van der Waals surface area contributed by atoms with E-state index in [4.69, 9.17) is 9.47 Å². The molecule has 0 spiro atoms. The van der Waals surface area contributed by atoms with E-state index in [0.717, 1.165) is 22.1 Å². The fourth-order valence-electron chi connectivity index (χ4n) is 6.55. The van der Waals surface area contributed by atoms with Crippen LogP contribution in [0.25, 0.3) is 10.9 Å². The fraction of sp³-hybridized carbons (Fsp3) is 0.268. The maximum Gasteiger partial charge on any atom is 0.405 e. The van der Waals surface area contributed by atoms with Crippen molar-refractivity contribution >= 4 is 28.8 Å². The molecule has 51 heavy (non-hydrogen) atoms. The molecule has 0 aliphatic rings. The fourth-order valence-corrected chi connectivity index (χ4v) is 6.55. The molecule has 3 amide bonds. The molecule has 0 aliphatic carbocycles. The normalized spacial score (nSPS) is 13.3. The maximum atomic E-state index is 14.2. The predicted molar refractivity (Wildman–Crippen MR) is 196 cm³/mol. The smallest absolute Gasteiger partial charge is 0.405 e. The molecule has 1 unspecified atom stereocenters. The van der Waals surface area contributed by atoms with E-state index in [2.05, 4.69) is 20.9 Å². The summed E-state index contributed by atoms with van der Waals surface area (Å²) in [5, 5.41) is 19.3. The van der Waals surface area contributed by atoms with E-state index in [1.165, 1.54) is 0 Å². The Hall–Kier alpha value is -5.58. The number of amides is 3. The van der Waals surface area contributed by atoms with E-state index < -0.39 is 54.2 Å². The summed E-state index contributed by atoms with van der Waals surface area (Å²) in [6, 6.07) is 35.9. The number of hydrogen-bond donors (Lipinski definition) is 4. The minimum Gasteiger partial charge on any atom is -0.465 e. The largest absolute Gasteiger partial charge is 0.465 e. The van der Waals surface area contributed by atoms with Gasteiger partial charge in [-0.3, -0.25) is 14.6 Å². The van der Waals surface area contributed by atoms with Crippen molar-refractivity contribution in [3.05, 3.63) is 150 Å². The molecule has 4 N–H and O–H groups in total. The monoisotopic (exact) mass is 688 g/mol. The van der Waals surface area contributed by atoms with Gasteiger partial charge in [-0.1, -0.05) is 122 Å². The number of carbonyl (C=O) groups excluding carboxylic acids is 2. The van der Waals surface area contributed by atoms with Gasteiger partial charge in [-0.05, 0) is 36.6 Å². The van der Waals surface area contributed by atoms with Gasteiger partial charge in [-0.15, -0.1) is 0 Å². The highest BCUT2D eigenvalue weighted by molar-refractivity contribution is 5.92. The highest BCUT2D eigenvalue weighted by Crippen LogP contribution is 2.37. The second-order valence-corrected chi connectivity index (χ2v) is 12.1. The second kappa shape index (κ2) is 17.4. The summed E-state index contributed by atoms with van der Waals surface area (Å²) in [5.41, 5.74) is 2.59. The van der Waals surface area contributed by atoms with Gasteiger partial charge in [-0.25, -0.2) is 4.79 Å². The zero-order chi connectivity index (χ0) is 36.2. The average molecular weight is 689 g/mol. The summed E-state index contributed by atoms with van der Waals surface area (Å²) < 4.78 is 11.9. The summed E-state index contributed by atoms with van der Waals surface area (Å²) in [5.74, 6) is -1.67. The Kier molecular flexibility index (Phi) is 12.5. The third-order valence-electron chi connectivity index (χ3n) is 8.86. The van der Waals surface area contributed by atoms with Gasteiger partial charge < -0.3 is 30.5 Å². The number of rotatable bonds is 16. The zero-order valence-electron chi connectivity index (χ0n) is 29.0. The second-order valence-electron chi connectivity index (χ2n) is 12.1. The Morgan fingerprint density at radius 3 is 1.76 bits per heavy atom. The Morgan fingerprint density at radius 1 is 0.725 bits per heavy atom. The molecule has 0 saturated heterocycles. The molecule has 0 radical (unpaired) electrons. The van der Waals surface area contributed by atoms with Crippen molar-refractivity contribution in [3.8, 4) is 0 Å². The standard InChI is InChI=1S/C41H44N4O6/c1-4-50-39(51-5-2)28(3)36(33-25-15-17-29-18-16-26-42-37(29)33)44-38(47)34(43-40(48)49)27-35(46)45-41(30-19-9-6-10-20-30,31-21-11-7-12-22-31)32-23-13-8-14-24-32/h6-26,28,34,36,39,43H,4-5,27H2,1-3H3,(H,44,47)(H,45,46)(H,48,49)/t28-,34-,36?/m0/s1. The Bertz CT molecular complexity index is 1780. The van der Waals surface area contributed by atoms with E-state index in [1.54, 1.807) is 6.20 Å². The van der Waals surface area contributed by atoms with Crippen LogP contribution in [0, 0.1) is 5.92 Å². The van der Waals surface area contributed by atoms with Crippen molar-refractivity contribution in [2.75, 3.05) is 13.2 Å². The first-order chi connectivity index (χ1) is 24.8. The highest BCUT2D eigenvalue weighted by Gasteiger charge is 2.39. The maximum absolute atomic E-state index is 14.2. The van der Waals surface area contributed by atoms with E-state index in [9.17, 15) is 19.5 Å². The molecule has 4 aromatic carbocycles. The Morgan fingerprint density at radius 2 is 1.25 bits per heavy atom. The van der Waals surface area contributed by atoms with Crippen molar-refractivity contribution in [1.29, 1.82) is 0 Å². The predicted octanol–water partition coefficient (Wildman–Crippen LogP) is 6.56. The molecule has 0 aliphatic heterocycles. The van der Waals surface area contributed by atoms with Crippen LogP contribution in [0.15, 0.2) is 128 Å². The Balaban J connectivity index is 1.51. The molecule has 5 aromatic rings. The van der Waals surface area contributed by atoms with E-state index in [-0.39, 0.29) is 0 Å². The average Bonchev–Trinajstić information content (AvgIpc) is 3.16. The van der Waals surface area contributed by atoms with Gasteiger partial charge in [0.15, 0.2) is 6.29 Å². The molecular formula is C41H44N4O6. The van der Waals surface area contributed by atoms with Gasteiger partial charge in [0.1, 0.15) is 11.6 Å². The molecule has 0 bridgehead atoms. The number of nitrogens with one attached hydrogen (secondary N) is 3. The number of fused-ring (bicyclic) bond motifs is 1. The lowest BCUT2D eigenvalue weighted by atomic mass is 9.77. The van der Waals surface area contributed by atoms with Gasteiger partial charge in [-0.2, -0.15) is 0 Å². The molecule has 10 heteroatoms. The van der Waals surface area contributed by atoms with Gasteiger partial charge in [0.25, 0.3) is 0 Å². The summed E-state index contributed by atoms with van der Waals surface area (Å²) in [6.45, 7) is 6.36.